The fraction of sp³-hybridized carbons (Fsp3) is 0.318. The zero-order valence-electron chi connectivity index (χ0n) is 17.1. The Hall–Kier alpha value is -3.39. The number of ether oxygens (including phenoxy) is 4. The fourth-order valence-electron chi connectivity index (χ4n) is 3.58. The Morgan fingerprint density at radius 2 is 1.77 bits per heavy atom. The van der Waals surface area contributed by atoms with Crippen molar-refractivity contribution in [2.45, 2.75) is 25.6 Å². The number of aliphatic hydroxyl groups is 1. The summed E-state index contributed by atoms with van der Waals surface area (Å²) in [5.74, 6) is 0.543. The molecular weight excluding hydrogens is 392 g/mol. The SMILES string of the molecule is COc1cc([C@@H]2Oc3c(cc(/C=C\C(=O)O)c(O)c3C)C[C@H]2O)cc(OC)c1OC. The van der Waals surface area contributed by atoms with Gasteiger partial charge < -0.3 is 34.3 Å². The standard InChI is InChI=1S/C22H24O8/c1-11-19(26)12(5-6-18(24)25)7-13-8-15(23)21(30-20(11)13)14-9-16(27-2)22(29-4)17(10-14)28-3/h5-7,9-10,15,21,23,26H,8H2,1-4H3,(H,24,25)/b6-5-/t15-,21+/m1/s1. The van der Waals surface area contributed by atoms with Gasteiger partial charge >= 0.3 is 5.97 Å². The fourth-order valence-corrected chi connectivity index (χ4v) is 3.58. The summed E-state index contributed by atoms with van der Waals surface area (Å²) >= 11 is 0. The summed E-state index contributed by atoms with van der Waals surface area (Å²) < 4.78 is 22.2. The largest absolute Gasteiger partial charge is 0.507 e. The van der Waals surface area contributed by atoms with Gasteiger partial charge in [-0.1, -0.05) is 0 Å². The van der Waals surface area contributed by atoms with Crippen LogP contribution in [0.1, 0.15) is 28.4 Å². The lowest BCUT2D eigenvalue weighted by atomic mass is 9.91. The highest BCUT2D eigenvalue weighted by molar-refractivity contribution is 5.86. The lowest BCUT2D eigenvalue weighted by molar-refractivity contribution is -0.131. The minimum Gasteiger partial charge on any atom is -0.507 e. The van der Waals surface area contributed by atoms with Crippen molar-refractivity contribution >= 4 is 12.0 Å². The Balaban J connectivity index is 2.04. The molecule has 8 heteroatoms. The smallest absolute Gasteiger partial charge is 0.328 e. The van der Waals surface area contributed by atoms with E-state index in [1.54, 1.807) is 25.1 Å². The Bertz CT molecular complexity index is 970. The number of aliphatic carboxylic acids is 1. The first-order chi connectivity index (χ1) is 14.3. The molecule has 3 rings (SSSR count). The second-order valence-electron chi connectivity index (χ2n) is 6.87. The molecule has 1 aliphatic heterocycles. The Kier molecular flexibility index (Phi) is 6.07. The highest BCUT2D eigenvalue weighted by Crippen LogP contribution is 2.45. The predicted molar refractivity (Wildman–Crippen MR) is 109 cm³/mol. The van der Waals surface area contributed by atoms with Crippen molar-refractivity contribution in [3.63, 3.8) is 0 Å². The topological polar surface area (TPSA) is 115 Å². The summed E-state index contributed by atoms with van der Waals surface area (Å²) in [6.45, 7) is 1.68. The molecule has 0 bridgehead atoms. The Morgan fingerprint density at radius 3 is 2.30 bits per heavy atom. The quantitative estimate of drug-likeness (QED) is 0.616. The number of aliphatic hydroxyl groups excluding tert-OH is 1. The molecule has 0 amide bonds. The van der Waals surface area contributed by atoms with Crippen molar-refractivity contribution < 1.29 is 39.1 Å². The first-order valence-electron chi connectivity index (χ1n) is 9.21. The number of phenols is 1. The minimum atomic E-state index is -1.12. The molecule has 8 nitrogen and oxygen atoms in total. The highest BCUT2D eigenvalue weighted by Gasteiger charge is 2.33. The number of aromatic hydroxyl groups is 1. The molecule has 2 atom stereocenters. The van der Waals surface area contributed by atoms with Crippen LogP contribution in [0.4, 0.5) is 0 Å². The maximum atomic E-state index is 10.8. The van der Waals surface area contributed by atoms with E-state index in [0.717, 1.165) is 6.08 Å². The van der Waals surface area contributed by atoms with Gasteiger partial charge in [-0.05, 0) is 36.8 Å². The van der Waals surface area contributed by atoms with Gasteiger partial charge in [0.2, 0.25) is 5.75 Å². The summed E-state index contributed by atoms with van der Waals surface area (Å²) in [5, 5.41) is 30.1. The van der Waals surface area contributed by atoms with Crippen LogP contribution in [-0.4, -0.2) is 48.7 Å². The van der Waals surface area contributed by atoms with E-state index in [2.05, 4.69) is 0 Å². The van der Waals surface area contributed by atoms with Crippen LogP contribution in [0.15, 0.2) is 24.3 Å². The second kappa shape index (κ2) is 8.54. The summed E-state index contributed by atoms with van der Waals surface area (Å²) in [6, 6.07) is 5.03. The summed E-state index contributed by atoms with van der Waals surface area (Å²) in [4.78, 5) is 10.8. The molecule has 0 fully saturated rings. The van der Waals surface area contributed by atoms with Gasteiger partial charge in [0.25, 0.3) is 0 Å². The summed E-state index contributed by atoms with van der Waals surface area (Å²) in [5.41, 5.74) is 2.10. The molecule has 2 aromatic rings. The maximum absolute atomic E-state index is 10.8. The molecule has 0 unspecified atom stereocenters. The van der Waals surface area contributed by atoms with Crippen molar-refractivity contribution in [2.75, 3.05) is 21.3 Å². The Morgan fingerprint density at radius 1 is 1.13 bits per heavy atom. The van der Waals surface area contributed by atoms with E-state index in [0.29, 0.717) is 45.3 Å². The van der Waals surface area contributed by atoms with Crippen LogP contribution in [-0.2, 0) is 11.2 Å². The molecular formula is C22H24O8. The van der Waals surface area contributed by atoms with Gasteiger partial charge in [0.05, 0.1) is 27.4 Å². The van der Waals surface area contributed by atoms with Gasteiger partial charge in [-0.3, -0.25) is 0 Å². The Labute approximate surface area is 173 Å². The van der Waals surface area contributed by atoms with Crippen LogP contribution in [0, 0.1) is 6.92 Å². The number of benzene rings is 2. The predicted octanol–water partition coefficient (Wildman–Crippen LogP) is 2.86. The molecule has 0 spiro atoms. The molecule has 0 aliphatic carbocycles. The molecule has 1 heterocycles. The molecule has 3 N–H and O–H groups in total. The molecule has 30 heavy (non-hydrogen) atoms. The van der Waals surface area contributed by atoms with Crippen LogP contribution >= 0.6 is 0 Å². The van der Waals surface area contributed by atoms with Crippen LogP contribution in [0.5, 0.6) is 28.7 Å². The van der Waals surface area contributed by atoms with Crippen molar-refractivity contribution in [2.24, 2.45) is 0 Å². The first-order valence-corrected chi connectivity index (χ1v) is 9.21. The van der Waals surface area contributed by atoms with E-state index >= 15 is 0 Å². The van der Waals surface area contributed by atoms with Gasteiger partial charge in [-0.2, -0.15) is 0 Å². The third kappa shape index (κ3) is 3.86. The molecule has 1 aliphatic rings. The van der Waals surface area contributed by atoms with Gasteiger partial charge in [-0.25, -0.2) is 4.79 Å². The van der Waals surface area contributed by atoms with E-state index < -0.39 is 18.2 Å². The van der Waals surface area contributed by atoms with Crippen molar-refractivity contribution in [1.82, 2.24) is 0 Å². The number of phenolic OH excluding ortho intramolecular Hbond substituents is 1. The normalized spacial score (nSPS) is 17.9. The lowest BCUT2D eigenvalue weighted by Gasteiger charge is -2.33. The lowest BCUT2D eigenvalue weighted by Crippen LogP contribution is -2.31. The van der Waals surface area contributed by atoms with Crippen LogP contribution < -0.4 is 18.9 Å². The van der Waals surface area contributed by atoms with Gasteiger partial charge in [-0.15, -0.1) is 0 Å². The van der Waals surface area contributed by atoms with Gasteiger partial charge in [0, 0.05) is 29.2 Å². The molecule has 2 aromatic carbocycles. The number of carboxylic acids is 1. The number of carbonyl (C=O) groups is 1. The van der Waals surface area contributed by atoms with Crippen LogP contribution in [0.2, 0.25) is 0 Å². The molecule has 160 valence electrons. The highest BCUT2D eigenvalue weighted by atomic mass is 16.5. The molecule has 0 saturated carbocycles. The number of rotatable bonds is 6. The number of hydrogen-bond donors (Lipinski definition) is 3. The zero-order chi connectivity index (χ0) is 22.0. The van der Waals surface area contributed by atoms with Gasteiger partial charge in [0.1, 0.15) is 11.5 Å². The second-order valence-corrected chi connectivity index (χ2v) is 6.87. The summed E-state index contributed by atoms with van der Waals surface area (Å²) in [6.07, 6.45) is 0.888. The molecule has 0 radical (unpaired) electrons. The van der Waals surface area contributed by atoms with Crippen LogP contribution in [0.3, 0.4) is 0 Å². The van der Waals surface area contributed by atoms with E-state index in [9.17, 15) is 15.0 Å². The van der Waals surface area contributed by atoms with E-state index in [-0.39, 0.29) is 12.2 Å². The number of methoxy groups -OCH3 is 3. The third-order valence-electron chi connectivity index (χ3n) is 5.04. The van der Waals surface area contributed by atoms with E-state index in [4.69, 9.17) is 24.1 Å². The number of carboxylic acid groups (broad SMARTS) is 1. The number of hydrogen-bond acceptors (Lipinski definition) is 7. The third-order valence-corrected chi connectivity index (χ3v) is 5.04. The van der Waals surface area contributed by atoms with Crippen molar-refractivity contribution in [3.05, 3.63) is 46.5 Å². The average Bonchev–Trinajstić information content (AvgIpc) is 2.73. The number of fused-ring (bicyclic) bond motifs is 1. The maximum Gasteiger partial charge on any atom is 0.328 e. The minimum absolute atomic E-state index is 0.0775. The van der Waals surface area contributed by atoms with E-state index in [1.807, 2.05) is 0 Å². The van der Waals surface area contributed by atoms with E-state index in [1.165, 1.54) is 27.4 Å². The zero-order valence-corrected chi connectivity index (χ0v) is 17.1. The molecule has 0 aromatic heterocycles. The van der Waals surface area contributed by atoms with Crippen molar-refractivity contribution in [3.8, 4) is 28.7 Å². The molecule has 0 saturated heterocycles. The average molecular weight is 416 g/mol. The van der Waals surface area contributed by atoms with Crippen LogP contribution in [0.25, 0.3) is 6.08 Å². The van der Waals surface area contributed by atoms with Gasteiger partial charge in [0.15, 0.2) is 17.6 Å². The van der Waals surface area contributed by atoms with Crippen molar-refractivity contribution in [1.29, 1.82) is 0 Å². The monoisotopic (exact) mass is 416 g/mol. The summed E-state index contributed by atoms with van der Waals surface area (Å²) in [7, 11) is 4.51. The first kappa shape index (κ1) is 21.3.